The molecule has 17 heavy (non-hydrogen) atoms. The molecule has 0 spiro atoms. The van der Waals surface area contributed by atoms with Gasteiger partial charge in [-0.15, -0.1) is 0 Å². The smallest absolute Gasteiger partial charge is 0.262 e. The predicted molar refractivity (Wildman–Crippen MR) is 62.0 cm³/mol. The number of amides is 2. The number of hydrogen-bond donors (Lipinski definition) is 1. The van der Waals surface area contributed by atoms with Gasteiger partial charge >= 0.3 is 0 Å². The van der Waals surface area contributed by atoms with E-state index in [9.17, 15) is 14.7 Å². The van der Waals surface area contributed by atoms with Crippen molar-refractivity contribution in [3.05, 3.63) is 35.9 Å². The van der Waals surface area contributed by atoms with Crippen molar-refractivity contribution in [3.63, 3.8) is 0 Å². The van der Waals surface area contributed by atoms with E-state index in [2.05, 4.69) is 0 Å². The molecular formula is C13H15NO3. The van der Waals surface area contributed by atoms with E-state index >= 15 is 0 Å². The standard InChI is InChI=1S/C13H15NO3/c15-11-8-4-5-9-14(11)13(17)12(16)10-6-2-1-3-7-10/h1-3,6-7,12,16H,4-5,8-9H2. The minimum atomic E-state index is -1.24. The maximum Gasteiger partial charge on any atom is 0.262 e. The van der Waals surface area contributed by atoms with Gasteiger partial charge in [0.05, 0.1) is 0 Å². The molecule has 1 atom stereocenters. The van der Waals surface area contributed by atoms with Crippen molar-refractivity contribution in [1.82, 2.24) is 4.90 Å². The van der Waals surface area contributed by atoms with E-state index in [1.54, 1.807) is 24.3 Å². The molecule has 0 aliphatic carbocycles. The van der Waals surface area contributed by atoms with E-state index in [1.807, 2.05) is 6.07 Å². The Morgan fingerprint density at radius 2 is 1.94 bits per heavy atom. The van der Waals surface area contributed by atoms with Gasteiger partial charge in [-0.3, -0.25) is 14.5 Å². The van der Waals surface area contributed by atoms with Crippen LogP contribution in [0.5, 0.6) is 0 Å². The molecule has 0 radical (unpaired) electrons. The van der Waals surface area contributed by atoms with Crippen molar-refractivity contribution in [2.24, 2.45) is 0 Å². The molecule has 2 rings (SSSR count). The van der Waals surface area contributed by atoms with Gasteiger partial charge in [0.1, 0.15) is 0 Å². The lowest BCUT2D eigenvalue weighted by Crippen LogP contribution is -2.42. The average molecular weight is 233 g/mol. The Hall–Kier alpha value is -1.68. The van der Waals surface area contributed by atoms with Crippen LogP contribution in [-0.2, 0) is 9.59 Å². The van der Waals surface area contributed by atoms with E-state index < -0.39 is 12.0 Å². The molecule has 4 nitrogen and oxygen atoms in total. The molecule has 1 heterocycles. The van der Waals surface area contributed by atoms with Crippen molar-refractivity contribution >= 4 is 11.8 Å². The highest BCUT2D eigenvalue weighted by Crippen LogP contribution is 2.19. The number of hydrogen-bond acceptors (Lipinski definition) is 3. The molecule has 0 aromatic heterocycles. The summed E-state index contributed by atoms with van der Waals surface area (Å²) in [4.78, 5) is 24.7. The lowest BCUT2D eigenvalue weighted by atomic mass is 10.1. The highest BCUT2D eigenvalue weighted by atomic mass is 16.3. The van der Waals surface area contributed by atoms with Crippen LogP contribution in [0.15, 0.2) is 30.3 Å². The van der Waals surface area contributed by atoms with Gasteiger partial charge in [0.25, 0.3) is 5.91 Å². The second-order valence-electron chi connectivity index (χ2n) is 4.15. The second kappa shape index (κ2) is 5.10. The number of benzene rings is 1. The van der Waals surface area contributed by atoms with Gasteiger partial charge in [-0.1, -0.05) is 30.3 Å². The molecule has 0 saturated carbocycles. The topological polar surface area (TPSA) is 57.6 Å². The molecule has 1 N–H and O–H groups in total. The van der Waals surface area contributed by atoms with Crippen LogP contribution in [-0.4, -0.2) is 28.4 Å². The SMILES string of the molecule is O=C1CCCCN1C(=O)C(O)c1ccccc1. The summed E-state index contributed by atoms with van der Waals surface area (Å²) in [6.45, 7) is 0.418. The number of aliphatic hydroxyl groups is 1. The number of carbonyl (C=O) groups is 2. The molecule has 4 heteroatoms. The molecule has 0 bridgehead atoms. The number of rotatable bonds is 2. The van der Waals surface area contributed by atoms with Crippen LogP contribution >= 0.6 is 0 Å². The minimum absolute atomic E-state index is 0.184. The van der Waals surface area contributed by atoms with Crippen molar-refractivity contribution < 1.29 is 14.7 Å². The van der Waals surface area contributed by atoms with E-state index in [0.717, 1.165) is 12.8 Å². The first-order valence-electron chi connectivity index (χ1n) is 5.77. The summed E-state index contributed by atoms with van der Waals surface area (Å²) in [5.41, 5.74) is 0.524. The molecule has 1 unspecified atom stereocenters. The number of carbonyl (C=O) groups excluding carboxylic acids is 2. The highest BCUT2D eigenvalue weighted by Gasteiger charge is 2.29. The van der Waals surface area contributed by atoms with Crippen molar-refractivity contribution in [3.8, 4) is 0 Å². The van der Waals surface area contributed by atoms with Crippen molar-refractivity contribution in [2.75, 3.05) is 6.54 Å². The fourth-order valence-corrected chi connectivity index (χ4v) is 1.96. The molecule has 1 aliphatic heterocycles. The summed E-state index contributed by atoms with van der Waals surface area (Å²) in [7, 11) is 0. The number of aliphatic hydroxyl groups excluding tert-OH is 1. The zero-order valence-electron chi connectivity index (χ0n) is 9.50. The molecule has 1 fully saturated rings. The van der Waals surface area contributed by atoms with E-state index in [4.69, 9.17) is 0 Å². The highest BCUT2D eigenvalue weighted by molar-refractivity contribution is 5.98. The monoisotopic (exact) mass is 233 g/mol. The Labute approximate surface area is 99.9 Å². The normalized spacial score (nSPS) is 17.9. The van der Waals surface area contributed by atoms with Crippen LogP contribution in [0.25, 0.3) is 0 Å². The van der Waals surface area contributed by atoms with Gasteiger partial charge in [0.2, 0.25) is 5.91 Å². The molecule has 2 amide bonds. The fraction of sp³-hybridized carbons (Fsp3) is 0.385. The lowest BCUT2D eigenvalue weighted by molar-refractivity contribution is -0.152. The summed E-state index contributed by atoms with van der Waals surface area (Å²) in [5.74, 6) is -0.697. The van der Waals surface area contributed by atoms with E-state index in [-0.39, 0.29) is 5.91 Å². The third kappa shape index (κ3) is 2.53. The van der Waals surface area contributed by atoms with Crippen LogP contribution in [0.4, 0.5) is 0 Å². The predicted octanol–water partition coefficient (Wildman–Crippen LogP) is 1.26. The van der Waals surface area contributed by atoms with Crippen LogP contribution in [0.1, 0.15) is 30.9 Å². The van der Waals surface area contributed by atoms with Crippen molar-refractivity contribution in [2.45, 2.75) is 25.4 Å². The molecule has 1 saturated heterocycles. The average Bonchev–Trinajstić information content (AvgIpc) is 2.39. The summed E-state index contributed by atoms with van der Waals surface area (Å²) in [6.07, 6.45) is 0.800. The first-order valence-corrected chi connectivity index (χ1v) is 5.77. The first-order chi connectivity index (χ1) is 8.20. The van der Waals surface area contributed by atoms with Crippen LogP contribution in [0, 0.1) is 0 Å². The molecule has 1 aliphatic rings. The van der Waals surface area contributed by atoms with Gasteiger partial charge < -0.3 is 5.11 Å². The third-order valence-electron chi connectivity index (χ3n) is 2.94. The Morgan fingerprint density at radius 1 is 1.24 bits per heavy atom. The first kappa shape index (κ1) is 11.8. The summed E-state index contributed by atoms with van der Waals surface area (Å²) < 4.78 is 0. The minimum Gasteiger partial charge on any atom is -0.378 e. The lowest BCUT2D eigenvalue weighted by Gasteiger charge is -2.26. The van der Waals surface area contributed by atoms with Gasteiger partial charge in [0, 0.05) is 13.0 Å². The fourth-order valence-electron chi connectivity index (χ4n) is 1.96. The van der Waals surface area contributed by atoms with Crippen LogP contribution in [0.2, 0.25) is 0 Å². The van der Waals surface area contributed by atoms with Gasteiger partial charge in [-0.25, -0.2) is 0 Å². The maximum absolute atomic E-state index is 12.0. The Morgan fingerprint density at radius 3 is 2.59 bits per heavy atom. The van der Waals surface area contributed by atoms with E-state index in [1.165, 1.54) is 4.90 Å². The van der Waals surface area contributed by atoms with Gasteiger partial charge in [-0.05, 0) is 18.4 Å². The third-order valence-corrected chi connectivity index (χ3v) is 2.94. The summed E-state index contributed by atoms with van der Waals surface area (Å²) >= 11 is 0. The number of piperidine rings is 1. The Balaban J connectivity index is 2.12. The molecule has 1 aromatic rings. The van der Waals surface area contributed by atoms with Crippen LogP contribution < -0.4 is 0 Å². The number of imide groups is 1. The Bertz CT molecular complexity index is 416. The second-order valence-corrected chi connectivity index (χ2v) is 4.15. The molecular weight excluding hydrogens is 218 g/mol. The molecule has 90 valence electrons. The quantitative estimate of drug-likeness (QED) is 0.836. The summed E-state index contributed by atoms with van der Waals surface area (Å²) in [5, 5.41) is 9.92. The Kier molecular flexibility index (Phi) is 3.54. The number of likely N-dealkylation sites (tertiary alicyclic amines) is 1. The zero-order valence-corrected chi connectivity index (χ0v) is 9.50. The largest absolute Gasteiger partial charge is 0.378 e. The zero-order chi connectivity index (χ0) is 12.3. The van der Waals surface area contributed by atoms with Gasteiger partial charge in [-0.2, -0.15) is 0 Å². The summed E-state index contributed by atoms with van der Waals surface area (Å²) in [6, 6.07) is 8.68. The van der Waals surface area contributed by atoms with Gasteiger partial charge in [0.15, 0.2) is 6.10 Å². The van der Waals surface area contributed by atoms with E-state index in [0.29, 0.717) is 18.5 Å². The van der Waals surface area contributed by atoms with Crippen molar-refractivity contribution in [1.29, 1.82) is 0 Å². The number of nitrogens with zero attached hydrogens (tertiary/aromatic N) is 1. The maximum atomic E-state index is 12.0. The molecule has 1 aromatic carbocycles. The van der Waals surface area contributed by atoms with Crippen LogP contribution in [0.3, 0.4) is 0 Å².